The number of hydrogen-bond donors (Lipinski definition) is 1. The molecular weight excluding hydrogens is 308 g/mol. The lowest BCUT2D eigenvalue weighted by Gasteiger charge is -2.26. The lowest BCUT2D eigenvalue weighted by atomic mass is 10.1. The van der Waals surface area contributed by atoms with Crippen molar-refractivity contribution in [1.82, 2.24) is 9.97 Å². The van der Waals surface area contributed by atoms with Gasteiger partial charge in [0.2, 0.25) is 0 Å². The van der Waals surface area contributed by atoms with Crippen LogP contribution in [0.2, 0.25) is 0 Å². The molecule has 0 spiro atoms. The van der Waals surface area contributed by atoms with Crippen molar-refractivity contribution in [3.8, 4) is 5.75 Å². The summed E-state index contributed by atoms with van der Waals surface area (Å²) in [7, 11) is 1.70. The minimum absolute atomic E-state index is 0.316. The monoisotopic (exact) mass is 329 g/mol. The van der Waals surface area contributed by atoms with Crippen molar-refractivity contribution in [2.75, 3.05) is 13.0 Å². The fraction of sp³-hybridized carbons (Fsp3) is 0.333. The second-order valence-corrected chi connectivity index (χ2v) is 7.02. The first kappa shape index (κ1) is 16.1. The van der Waals surface area contributed by atoms with Gasteiger partial charge in [-0.15, -0.1) is 0 Å². The third-order valence-corrected chi connectivity index (χ3v) is 4.77. The SMILES string of the molecule is [CH2]CC(C)(C)Oc1cc2[nH]c3ccncc3c2cc1SCOC. The molecule has 0 aliphatic rings. The number of nitrogens with zero attached hydrogens (tertiary/aromatic N) is 1. The number of ether oxygens (including phenoxy) is 2. The van der Waals surface area contributed by atoms with Crippen LogP contribution in [-0.4, -0.2) is 28.6 Å². The van der Waals surface area contributed by atoms with E-state index in [2.05, 4.69) is 29.0 Å². The summed E-state index contributed by atoms with van der Waals surface area (Å²) in [6.07, 6.45) is 4.37. The zero-order valence-electron chi connectivity index (χ0n) is 13.7. The molecule has 1 aromatic carbocycles. The van der Waals surface area contributed by atoms with Crippen LogP contribution in [0, 0.1) is 6.92 Å². The summed E-state index contributed by atoms with van der Waals surface area (Å²) in [6, 6.07) is 6.19. The highest BCUT2D eigenvalue weighted by atomic mass is 32.2. The lowest BCUT2D eigenvalue weighted by molar-refractivity contribution is 0.108. The molecule has 0 aliphatic carbocycles. The van der Waals surface area contributed by atoms with Gasteiger partial charge in [0, 0.05) is 41.9 Å². The molecular formula is C18H21N2O2S. The molecule has 4 nitrogen and oxygen atoms in total. The van der Waals surface area contributed by atoms with Gasteiger partial charge in [0.05, 0.1) is 16.4 Å². The molecule has 0 amide bonds. The standard InChI is InChI=1S/C18H21N2O2S/c1-5-18(2,3)22-16-9-15-12(8-17(16)23-11-21-4)13-10-19-7-6-14(13)20-15/h6-10,20H,1,5,11H2,2-4H3. The number of nitrogens with one attached hydrogen (secondary N) is 1. The van der Waals surface area contributed by atoms with E-state index in [1.165, 1.54) is 0 Å². The Hall–Kier alpha value is -1.72. The minimum Gasteiger partial charge on any atom is -0.487 e. The summed E-state index contributed by atoms with van der Waals surface area (Å²) in [5.74, 6) is 1.43. The van der Waals surface area contributed by atoms with Gasteiger partial charge >= 0.3 is 0 Å². The smallest absolute Gasteiger partial charge is 0.135 e. The number of fused-ring (bicyclic) bond motifs is 3. The third-order valence-electron chi connectivity index (χ3n) is 3.79. The second-order valence-electron chi connectivity index (χ2n) is 6.05. The Morgan fingerprint density at radius 3 is 2.83 bits per heavy atom. The normalized spacial score (nSPS) is 12.2. The molecule has 0 bridgehead atoms. The predicted molar refractivity (Wildman–Crippen MR) is 96.0 cm³/mol. The van der Waals surface area contributed by atoms with Crippen LogP contribution < -0.4 is 4.74 Å². The number of hydrogen-bond acceptors (Lipinski definition) is 4. The van der Waals surface area contributed by atoms with Gasteiger partial charge in [0.1, 0.15) is 11.4 Å². The van der Waals surface area contributed by atoms with E-state index in [1.807, 2.05) is 26.1 Å². The molecule has 2 heterocycles. The van der Waals surface area contributed by atoms with Crippen LogP contribution in [0.3, 0.4) is 0 Å². The first-order chi connectivity index (χ1) is 11.0. The number of aromatic nitrogens is 2. The zero-order chi connectivity index (χ0) is 16.4. The van der Waals surface area contributed by atoms with Crippen molar-refractivity contribution >= 4 is 33.6 Å². The average molecular weight is 329 g/mol. The van der Waals surface area contributed by atoms with Crippen molar-refractivity contribution in [3.05, 3.63) is 37.5 Å². The molecule has 23 heavy (non-hydrogen) atoms. The summed E-state index contributed by atoms with van der Waals surface area (Å²) in [5.41, 5.74) is 1.81. The fourth-order valence-electron chi connectivity index (χ4n) is 2.41. The molecule has 1 radical (unpaired) electrons. The first-order valence-corrected chi connectivity index (χ1v) is 8.52. The summed E-state index contributed by atoms with van der Waals surface area (Å²) >= 11 is 1.62. The Balaban J connectivity index is 2.14. The molecule has 5 heteroatoms. The molecule has 0 aliphatic heterocycles. The van der Waals surface area contributed by atoms with Crippen molar-refractivity contribution in [2.24, 2.45) is 0 Å². The van der Waals surface area contributed by atoms with E-state index >= 15 is 0 Å². The van der Waals surface area contributed by atoms with E-state index in [9.17, 15) is 0 Å². The van der Waals surface area contributed by atoms with Crippen LogP contribution in [0.25, 0.3) is 21.8 Å². The Labute approximate surface area is 140 Å². The molecule has 2 aromatic heterocycles. The Morgan fingerprint density at radius 1 is 1.26 bits per heavy atom. The molecule has 0 saturated heterocycles. The molecule has 1 N–H and O–H groups in total. The molecule has 0 unspecified atom stereocenters. The maximum atomic E-state index is 6.21. The number of methoxy groups -OCH3 is 1. The van der Waals surface area contributed by atoms with Gasteiger partial charge in [-0.2, -0.15) is 0 Å². The van der Waals surface area contributed by atoms with E-state index in [4.69, 9.17) is 9.47 Å². The van der Waals surface area contributed by atoms with Crippen molar-refractivity contribution in [1.29, 1.82) is 0 Å². The highest BCUT2D eigenvalue weighted by molar-refractivity contribution is 7.99. The van der Waals surface area contributed by atoms with Crippen molar-refractivity contribution < 1.29 is 9.47 Å². The molecule has 0 fully saturated rings. The van der Waals surface area contributed by atoms with Crippen molar-refractivity contribution in [2.45, 2.75) is 30.8 Å². The number of H-pyrrole nitrogens is 1. The highest BCUT2D eigenvalue weighted by Gasteiger charge is 2.20. The van der Waals surface area contributed by atoms with Crippen LogP contribution in [0.15, 0.2) is 35.5 Å². The predicted octanol–water partition coefficient (Wildman–Crippen LogP) is 4.79. The van der Waals surface area contributed by atoms with Gasteiger partial charge in [-0.3, -0.25) is 4.98 Å². The summed E-state index contributed by atoms with van der Waals surface area (Å²) < 4.78 is 11.4. The highest BCUT2D eigenvalue weighted by Crippen LogP contribution is 2.38. The van der Waals surface area contributed by atoms with Crippen LogP contribution in [0.5, 0.6) is 5.75 Å². The van der Waals surface area contributed by atoms with Crippen LogP contribution in [0.1, 0.15) is 20.3 Å². The van der Waals surface area contributed by atoms with Crippen LogP contribution >= 0.6 is 11.8 Å². The number of aromatic amines is 1. The topological polar surface area (TPSA) is 47.1 Å². The average Bonchev–Trinajstić information content (AvgIpc) is 2.89. The van der Waals surface area contributed by atoms with E-state index in [1.54, 1.807) is 25.1 Å². The van der Waals surface area contributed by atoms with Gasteiger partial charge in [-0.25, -0.2) is 0 Å². The molecule has 0 atom stereocenters. The van der Waals surface area contributed by atoms with E-state index in [0.29, 0.717) is 12.4 Å². The van der Waals surface area contributed by atoms with Gasteiger partial charge in [0.15, 0.2) is 0 Å². The van der Waals surface area contributed by atoms with Gasteiger partial charge in [-0.05, 0) is 39.3 Å². The van der Waals surface area contributed by atoms with E-state index < -0.39 is 0 Å². The molecule has 121 valence electrons. The zero-order valence-corrected chi connectivity index (χ0v) is 14.5. The van der Waals surface area contributed by atoms with Gasteiger partial charge < -0.3 is 14.5 Å². The molecule has 3 rings (SSSR count). The van der Waals surface area contributed by atoms with E-state index in [0.717, 1.165) is 32.5 Å². The Kier molecular flexibility index (Phi) is 4.50. The second kappa shape index (κ2) is 6.42. The minimum atomic E-state index is -0.316. The number of rotatable bonds is 6. The molecule has 0 saturated carbocycles. The Bertz CT molecular complexity index is 826. The lowest BCUT2D eigenvalue weighted by Crippen LogP contribution is -2.27. The van der Waals surface area contributed by atoms with Gasteiger partial charge in [-0.1, -0.05) is 11.8 Å². The summed E-state index contributed by atoms with van der Waals surface area (Å²) in [5, 5.41) is 2.26. The van der Waals surface area contributed by atoms with E-state index in [-0.39, 0.29) is 5.60 Å². The quantitative estimate of drug-likeness (QED) is 0.521. The molecule has 3 aromatic rings. The third kappa shape index (κ3) is 3.31. The van der Waals surface area contributed by atoms with Crippen molar-refractivity contribution in [3.63, 3.8) is 0 Å². The van der Waals surface area contributed by atoms with Crippen LogP contribution in [0.4, 0.5) is 0 Å². The van der Waals surface area contributed by atoms with Crippen LogP contribution in [-0.2, 0) is 4.74 Å². The fourth-order valence-corrected chi connectivity index (χ4v) is 3.10. The largest absolute Gasteiger partial charge is 0.487 e. The summed E-state index contributed by atoms with van der Waals surface area (Å²) in [4.78, 5) is 8.72. The maximum absolute atomic E-state index is 6.21. The summed E-state index contributed by atoms with van der Waals surface area (Å²) in [6.45, 7) is 8.06. The maximum Gasteiger partial charge on any atom is 0.135 e. The Morgan fingerprint density at radius 2 is 2.09 bits per heavy atom. The number of thioether (sulfide) groups is 1. The van der Waals surface area contributed by atoms with Gasteiger partial charge in [0.25, 0.3) is 0 Å². The first-order valence-electron chi connectivity index (χ1n) is 7.53. The number of benzene rings is 1. The number of pyridine rings is 1.